The van der Waals surface area contributed by atoms with Crippen LogP contribution in [0.1, 0.15) is 134 Å². The van der Waals surface area contributed by atoms with Crippen molar-refractivity contribution in [3.63, 3.8) is 0 Å². The highest BCUT2D eigenvalue weighted by Crippen LogP contribution is 2.37. The van der Waals surface area contributed by atoms with Crippen molar-refractivity contribution in [1.82, 2.24) is 10.2 Å². The number of aldehydes is 1. The normalized spacial score (nSPS) is 20.1. The third-order valence-corrected chi connectivity index (χ3v) is 14.1. The summed E-state index contributed by atoms with van der Waals surface area (Å²) in [6.07, 6.45) is 10.0. The lowest BCUT2D eigenvalue weighted by molar-refractivity contribution is -0.116. The van der Waals surface area contributed by atoms with Gasteiger partial charge in [-0.25, -0.2) is 0 Å². The predicted octanol–water partition coefficient (Wildman–Crippen LogP) is 10.6. The number of ether oxygens (including phenoxy) is 2. The van der Waals surface area contributed by atoms with Gasteiger partial charge in [-0.1, -0.05) is 56.8 Å². The summed E-state index contributed by atoms with van der Waals surface area (Å²) in [5.74, 6) is 3.82. The van der Waals surface area contributed by atoms with Crippen LogP contribution < -0.4 is 24.6 Å². The molecule has 1 N–H and O–H groups in total. The molecule has 0 aromatic heterocycles. The van der Waals surface area contributed by atoms with E-state index in [0.717, 1.165) is 123 Å². The van der Waals surface area contributed by atoms with Gasteiger partial charge in [0, 0.05) is 80.3 Å². The molecule has 10 heteroatoms. The molecule has 0 spiro atoms. The lowest BCUT2D eigenvalue weighted by atomic mass is 9.83. The molecule has 0 saturated carbocycles. The van der Waals surface area contributed by atoms with E-state index in [-0.39, 0.29) is 17.5 Å². The van der Waals surface area contributed by atoms with E-state index in [1.807, 2.05) is 56.3 Å². The lowest BCUT2D eigenvalue weighted by Gasteiger charge is -2.26. The molecule has 2 aliphatic heterocycles. The Kier molecular flexibility index (Phi) is 18.9. The zero-order valence-electron chi connectivity index (χ0n) is 41.0. The van der Waals surface area contributed by atoms with Gasteiger partial charge in [0.2, 0.25) is 5.91 Å². The van der Waals surface area contributed by atoms with Gasteiger partial charge in [-0.3, -0.25) is 14.4 Å². The summed E-state index contributed by atoms with van der Waals surface area (Å²) in [4.78, 5) is 51.4. The van der Waals surface area contributed by atoms with E-state index >= 15 is 0 Å². The number of aryl methyl sites for hydroxylation is 2. The Labute approximate surface area is 400 Å². The Bertz CT molecular complexity index is 2290. The van der Waals surface area contributed by atoms with E-state index in [1.165, 1.54) is 23.2 Å². The number of hydrogen-bond acceptors (Lipinski definition) is 9. The molecule has 4 atom stereocenters. The number of nitrogens with zero attached hydrogens (tertiary/aromatic N) is 3. The van der Waals surface area contributed by atoms with Crippen molar-refractivity contribution in [3.8, 4) is 11.5 Å². The molecule has 0 radical (unpaired) electrons. The maximum Gasteiger partial charge on any atom is 0.223 e. The number of fused-ring (bicyclic) bond motifs is 2. The highest BCUT2D eigenvalue weighted by molar-refractivity contribution is 6.01. The maximum absolute atomic E-state index is 12.2. The molecule has 2 saturated heterocycles. The van der Waals surface area contributed by atoms with Crippen LogP contribution in [-0.4, -0.2) is 88.7 Å². The second-order valence-corrected chi connectivity index (χ2v) is 18.7. The maximum atomic E-state index is 12.2. The van der Waals surface area contributed by atoms with Crippen LogP contribution in [0.15, 0.2) is 97.2 Å². The Hall–Kier alpha value is -5.58. The molecule has 4 aromatic rings. The molecule has 2 heterocycles. The van der Waals surface area contributed by atoms with Gasteiger partial charge >= 0.3 is 0 Å². The van der Waals surface area contributed by atoms with Crippen LogP contribution in [-0.2, 0) is 22.4 Å². The quantitative estimate of drug-likeness (QED) is 0.124. The van der Waals surface area contributed by atoms with Gasteiger partial charge in [-0.15, -0.1) is 0 Å². The minimum Gasteiger partial charge on any atom is -0.493 e. The van der Waals surface area contributed by atoms with Crippen molar-refractivity contribution in [2.24, 2.45) is 11.8 Å². The summed E-state index contributed by atoms with van der Waals surface area (Å²) in [6.45, 7) is 18.4. The highest BCUT2D eigenvalue weighted by atomic mass is 16.5. The number of carbonyl (C=O) groups is 4. The zero-order chi connectivity index (χ0) is 47.9. The fraction of sp³-hybridized carbons (Fsp3) is 0.474. The summed E-state index contributed by atoms with van der Waals surface area (Å²) in [6, 6.07) is 29.4. The topological polar surface area (TPSA) is 108 Å². The number of amides is 1. The van der Waals surface area contributed by atoms with E-state index in [0.29, 0.717) is 56.1 Å². The molecule has 4 aliphatic rings. The van der Waals surface area contributed by atoms with E-state index in [4.69, 9.17) is 9.47 Å². The molecular formula is C57H74N4O6. The van der Waals surface area contributed by atoms with Crippen LogP contribution >= 0.6 is 0 Å². The van der Waals surface area contributed by atoms with Crippen LogP contribution in [0, 0.1) is 11.8 Å². The van der Waals surface area contributed by atoms with Gasteiger partial charge in [0.25, 0.3) is 0 Å². The SMILES string of the molecule is C=C(C)N(C)c1ccc([C@@H]2CCN(CCC)CC[C@H]2COc2ccc3c(c2)C(=O)CC3)cc1.CC(=O)N(C)c1ccc([C@@H]2CCNCC[C@H]2COc2ccc3c(c2)C(=O)CC3)cc1.CCC=O. The summed E-state index contributed by atoms with van der Waals surface area (Å²) in [5.41, 5.74) is 9.78. The molecular weight excluding hydrogens is 837 g/mol. The number of Topliss-reactive ketones (excluding diaryl/α,β-unsaturated/α-hetero) is 2. The predicted molar refractivity (Wildman–Crippen MR) is 271 cm³/mol. The minimum atomic E-state index is 0.0283. The van der Waals surface area contributed by atoms with Crippen LogP contribution in [0.25, 0.3) is 0 Å². The second kappa shape index (κ2) is 25.0. The van der Waals surface area contributed by atoms with Crippen molar-refractivity contribution in [2.75, 3.05) is 69.8 Å². The molecule has 67 heavy (non-hydrogen) atoms. The van der Waals surface area contributed by atoms with Crippen molar-refractivity contribution < 1.29 is 28.7 Å². The van der Waals surface area contributed by atoms with Gasteiger partial charge < -0.3 is 34.3 Å². The van der Waals surface area contributed by atoms with Gasteiger partial charge in [0.1, 0.15) is 17.8 Å². The summed E-state index contributed by atoms with van der Waals surface area (Å²) in [5, 5.41) is 3.51. The van der Waals surface area contributed by atoms with Gasteiger partial charge in [-0.05, 0) is 167 Å². The molecule has 1 amide bonds. The number of ketones is 2. The van der Waals surface area contributed by atoms with E-state index in [2.05, 4.69) is 78.1 Å². The van der Waals surface area contributed by atoms with Crippen LogP contribution in [0.4, 0.5) is 11.4 Å². The molecule has 10 nitrogen and oxygen atoms in total. The first kappa shape index (κ1) is 50.8. The van der Waals surface area contributed by atoms with Gasteiger partial charge in [0.05, 0.1) is 13.2 Å². The molecule has 0 bridgehead atoms. The molecule has 4 aromatic carbocycles. The van der Waals surface area contributed by atoms with E-state index < -0.39 is 0 Å². The number of anilines is 2. The third kappa shape index (κ3) is 13.8. The largest absolute Gasteiger partial charge is 0.493 e. The lowest BCUT2D eigenvalue weighted by Crippen LogP contribution is -2.25. The number of nitrogens with one attached hydrogen (secondary N) is 1. The average Bonchev–Trinajstić information content (AvgIpc) is 3.71. The van der Waals surface area contributed by atoms with Crippen molar-refractivity contribution in [2.45, 2.75) is 104 Å². The number of likely N-dealkylation sites (tertiary alicyclic amines) is 1. The number of allylic oxidation sites excluding steroid dienone is 1. The smallest absolute Gasteiger partial charge is 0.223 e. The molecule has 2 aliphatic carbocycles. The second-order valence-electron chi connectivity index (χ2n) is 18.7. The van der Waals surface area contributed by atoms with Crippen LogP contribution in [0.5, 0.6) is 11.5 Å². The average molecular weight is 911 g/mol. The first-order valence-corrected chi connectivity index (χ1v) is 24.7. The third-order valence-electron chi connectivity index (χ3n) is 14.1. The van der Waals surface area contributed by atoms with Crippen LogP contribution in [0.2, 0.25) is 0 Å². The Balaban J connectivity index is 0.000000206. The van der Waals surface area contributed by atoms with Gasteiger partial charge in [-0.2, -0.15) is 0 Å². The van der Waals surface area contributed by atoms with E-state index in [1.54, 1.807) is 18.9 Å². The first-order valence-electron chi connectivity index (χ1n) is 24.7. The van der Waals surface area contributed by atoms with E-state index in [9.17, 15) is 19.2 Å². The Morgan fingerprint density at radius 2 is 1.16 bits per heavy atom. The molecule has 358 valence electrons. The highest BCUT2D eigenvalue weighted by Gasteiger charge is 2.30. The molecule has 0 unspecified atom stereocenters. The molecule has 2 fully saturated rings. The number of carbonyl (C=O) groups excluding carboxylic acids is 4. The summed E-state index contributed by atoms with van der Waals surface area (Å²) >= 11 is 0. The summed E-state index contributed by atoms with van der Waals surface area (Å²) < 4.78 is 12.5. The number of hydrogen-bond donors (Lipinski definition) is 1. The van der Waals surface area contributed by atoms with Crippen LogP contribution in [0.3, 0.4) is 0 Å². The monoisotopic (exact) mass is 911 g/mol. The van der Waals surface area contributed by atoms with Crippen molar-refractivity contribution in [1.29, 1.82) is 0 Å². The fourth-order valence-electron chi connectivity index (χ4n) is 9.85. The van der Waals surface area contributed by atoms with Gasteiger partial charge in [0.15, 0.2) is 11.6 Å². The minimum absolute atomic E-state index is 0.0283. The number of benzene rings is 4. The Morgan fingerprint density at radius 1 is 0.687 bits per heavy atom. The molecule has 8 rings (SSSR count). The standard InChI is InChI=1S/C29H38N2O2.C25H30N2O3.C3H6O/c1-5-16-31-17-14-24(20-33-26-12-8-23-9-13-29(32)28(23)19-26)27(15-18-31)22-6-10-25(11-7-22)30(4)21(2)3;1-17(28)27(2)21-7-3-18(4-8-21)23-12-14-26-13-11-20(23)16-30-22-9-5-19-6-10-25(29)24(19)15-22;1-2-3-4/h6-8,10-12,19,24,27H,2,5,9,13-18,20H2,1,3-4H3;3-5,7-9,15,20,23,26H,6,10-14,16H2,1-2H3;3H,2H2,1H3/t24-,27-;20-,23-;/m00./s1. The number of rotatable bonds is 14. The zero-order valence-corrected chi connectivity index (χ0v) is 41.0. The van der Waals surface area contributed by atoms with Crippen molar-refractivity contribution >= 4 is 35.1 Å². The summed E-state index contributed by atoms with van der Waals surface area (Å²) in [7, 11) is 3.86. The van der Waals surface area contributed by atoms with Crippen molar-refractivity contribution in [3.05, 3.63) is 131 Å². The Morgan fingerprint density at radius 3 is 1.66 bits per heavy atom. The first-order chi connectivity index (χ1) is 32.4. The fourth-order valence-corrected chi connectivity index (χ4v) is 9.85.